The van der Waals surface area contributed by atoms with Gasteiger partial charge in [-0.15, -0.1) is 11.5 Å². The lowest BCUT2D eigenvalue weighted by molar-refractivity contribution is 0.285. The third-order valence-electron chi connectivity index (χ3n) is 4.92. The molecule has 2 rings (SSSR count). The zero-order valence-corrected chi connectivity index (χ0v) is 12.9. The number of hydrogen-bond donors (Lipinski definition) is 0. The van der Waals surface area contributed by atoms with E-state index in [0.29, 0.717) is 0 Å². The van der Waals surface area contributed by atoms with Gasteiger partial charge in [0, 0.05) is 27.4 Å². The van der Waals surface area contributed by atoms with Crippen LogP contribution in [0.25, 0.3) is 0 Å². The van der Waals surface area contributed by atoms with E-state index >= 15 is 0 Å². The van der Waals surface area contributed by atoms with Crippen LogP contribution in [0.4, 0.5) is 0 Å². The molecular weight excluding hydrogens is 254 g/mol. The van der Waals surface area contributed by atoms with Crippen LogP contribution in [0.15, 0.2) is 41.5 Å². The summed E-state index contributed by atoms with van der Waals surface area (Å²) in [5.74, 6) is 0. The largest absolute Gasteiger partial charge is 0.137 e. The monoisotopic (exact) mass is 275 g/mol. The van der Waals surface area contributed by atoms with Crippen LogP contribution in [0.1, 0.15) is 45.2 Å². The van der Waals surface area contributed by atoms with Crippen LogP contribution in [0.2, 0.25) is 0 Å². The Kier molecular flexibility index (Phi) is 3.38. The highest BCUT2D eigenvalue weighted by Gasteiger charge is 2.62. The molecule has 1 aliphatic rings. The van der Waals surface area contributed by atoms with Gasteiger partial charge < -0.3 is 0 Å². The average Bonchev–Trinajstić information content (AvgIpc) is 2.49. The summed E-state index contributed by atoms with van der Waals surface area (Å²) in [6.07, 6.45) is 2.67. The maximum atomic E-state index is 11.0. The molecule has 0 atom stereocenters. The van der Waals surface area contributed by atoms with E-state index in [1.165, 1.54) is 23.1 Å². The van der Waals surface area contributed by atoms with Gasteiger partial charge in [0.05, 0.1) is 4.75 Å². The molecule has 0 saturated heterocycles. The first-order valence-electron chi connectivity index (χ1n) is 6.57. The zero-order valence-electron chi connectivity index (χ0n) is 12.1. The van der Waals surface area contributed by atoms with Crippen molar-refractivity contribution in [1.82, 2.24) is 0 Å². The van der Waals surface area contributed by atoms with Crippen LogP contribution in [-0.4, -0.2) is 4.75 Å². The molecule has 0 aromatic heterocycles. The van der Waals surface area contributed by atoms with Crippen molar-refractivity contribution >= 4 is 11.9 Å². The van der Waals surface area contributed by atoms with Gasteiger partial charge in [0.1, 0.15) is 0 Å². The number of benzene rings is 1. The van der Waals surface area contributed by atoms with Crippen LogP contribution in [0.5, 0.6) is 0 Å². The molecule has 0 saturated carbocycles. The number of fused-ring (bicyclic) bond motifs is 1. The van der Waals surface area contributed by atoms with Crippen molar-refractivity contribution in [2.24, 2.45) is 4.58 Å². The molecule has 0 bridgehead atoms. The van der Waals surface area contributed by atoms with E-state index in [1.54, 1.807) is 0 Å². The maximum absolute atomic E-state index is 11.0. The Labute approximate surface area is 119 Å². The zero-order chi connectivity index (χ0) is 14.3. The smallest absolute Gasteiger partial charge is 0.0628 e. The van der Waals surface area contributed by atoms with E-state index in [0.717, 1.165) is 6.42 Å². The minimum Gasteiger partial charge on any atom is -0.137 e. The predicted octanol–water partition coefficient (Wildman–Crippen LogP) is 4.98. The van der Waals surface area contributed by atoms with E-state index < -0.39 is 0 Å². The first kappa shape index (κ1) is 14.3. The molecular formula is C16H21NOS. The summed E-state index contributed by atoms with van der Waals surface area (Å²) in [6, 6.07) is 8.49. The minimum atomic E-state index is -0.285. The highest BCUT2D eigenvalue weighted by atomic mass is 32.2. The molecule has 0 heterocycles. The van der Waals surface area contributed by atoms with E-state index in [9.17, 15) is 4.91 Å². The van der Waals surface area contributed by atoms with Crippen LogP contribution in [0.3, 0.4) is 0 Å². The number of allylic oxidation sites excluding steroid dienone is 1. The maximum Gasteiger partial charge on any atom is 0.0628 e. The highest BCUT2D eigenvalue weighted by Crippen LogP contribution is 2.64. The number of nitrogens with zero attached hydrogens (tertiary/aromatic N) is 1. The van der Waals surface area contributed by atoms with Crippen LogP contribution in [0, 0.1) is 4.91 Å². The molecule has 1 aromatic rings. The summed E-state index contributed by atoms with van der Waals surface area (Å²) in [6.45, 7) is 12.7. The molecule has 1 aromatic carbocycles. The second kappa shape index (κ2) is 4.48. The molecule has 0 spiro atoms. The first-order valence-corrected chi connectivity index (χ1v) is 7.34. The molecule has 0 N–H and O–H groups in total. The quantitative estimate of drug-likeness (QED) is 0.440. The number of hydrogen-bond acceptors (Lipinski definition) is 3. The molecule has 2 nitrogen and oxygen atoms in total. The number of rotatable bonds is 4. The van der Waals surface area contributed by atoms with Gasteiger partial charge in [0.25, 0.3) is 0 Å². The van der Waals surface area contributed by atoms with Crippen molar-refractivity contribution in [2.75, 3.05) is 0 Å². The highest BCUT2D eigenvalue weighted by molar-refractivity contribution is 7.99. The van der Waals surface area contributed by atoms with E-state index in [1.807, 2.05) is 6.08 Å². The van der Waals surface area contributed by atoms with Gasteiger partial charge in [0.2, 0.25) is 0 Å². The van der Waals surface area contributed by atoms with Gasteiger partial charge >= 0.3 is 0 Å². The number of nitroso groups, excluding NO2 is 1. The van der Waals surface area contributed by atoms with Gasteiger partial charge in [-0.2, -0.15) is 0 Å². The Bertz CT molecular complexity index is 472. The summed E-state index contributed by atoms with van der Waals surface area (Å²) < 4.78 is 2.92. The van der Waals surface area contributed by atoms with Gasteiger partial charge in [-0.05, 0) is 17.5 Å². The third kappa shape index (κ3) is 1.64. The summed E-state index contributed by atoms with van der Waals surface area (Å²) in [4.78, 5) is 11.0. The van der Waals surface area contributed by atoms with Gasteiger partial charge in [0.15, 0.2) is 0 Å². The lowest BCUT2D eigenvalue weighted by Gasteiger charge is -2.46. The van der Waals surface area contributed by atoms with Gasteiger partial charge in [-0.3, -0.25) is 0 Å². The molecule has 0 fully saturated rings. The van der Waals surface area contributed by atoms with Crippen molar-refractivity contribution in [1.29, 1.82) is 0 Å². The van der Waals surface area contributed by atoms with Crippen molar-refractivity contribution < 1.29 is 0 Å². The summed E-state index contributed by atoms with van der Waals surface area (Å²) in [7, 11) is 0. The van der Waals surface area contributed by atoms with Crippen molar-refractivity contribution in [3.8, 4) is 0 Å². The standard InChI is InChI=1S/C16H21NOS/c1-6-11-16(19-17-18)14(2,3)12-9-7-8-10-13(12)15(16,4)5/h6-10H,1,11H2,2-5H3. The molecule has 1 aliphatic carbocycles. The van der Waals surface area contributed by atoms with E-state index in [2.05, 4.69) is 63.1 Å². The Morgan fingerprint density at radius 1 is 1.16 bits per heavy atom. The molecule has 0 unspecified atom stereocenters. The second-order valence-corrected chi connectivity index (χ2v) is 7.31. The van der Waals surface area contributed by atoms with E-state index in [4.69, 9.17) is 0 Å². The van der Waals surface area contributed by atoms with Crippen molar-refractivity contribution in [3.05, 3.63) is 53.0 Å². The lowest BCUT2D eigenvalue weighted by Crippen LogP contribution is -2.50. The molecule has 0 radical (unpaired) electrons. The molecule has 3 heteroatoms. The predicted molar refractivity (Wildman–Crippen MR) is 83.4 cm³/mol. The summed E-state index contributed by atoms with van der Waals surface area (Å²) >= 11 is 1.18. The SMILES string of the molecule is C=CCC1(SN=O)C(C)(C)c2ccccc2C1(C)C. The molecule has 0 aliphatic heterocycles. The van der Waals surface area contributed by atoms with Crippen molar-refractivity contribution in [2.45, 2.75) is 49.7 Å². The van der Waals surface area contributed by atoms with Crippen molar-refractivity contribution in [3.63, 3.8) is 0 Å². The molecule has 19 heavy (non-hydrogen) atoms. The first-order chi connectivity index (χ1) is 8.85. The molecule has 0 amide bonds. The fraction of sp³-hybridized carbons (Fsp3) is 0.500. The summed E-state index contributed by atoms with van der Waals surface area (Å²) in [5.41, 5.74) is 2.38. The van der Waals surface area contributed by atoms with E-state index in [-0.39, 0.29) is 15.6 Å². The fourth-order valence-corrected chi connectivity index (χ4v) is 4.83. The Morgan fingerprint density at radius 3 is 2.00 bits per heavy atom. The molecule has 102 valence electrons. The van der Waals surface area contributed by atoms with Gasteiger partial charge in [-0.25, -0.2) is 0 Å². The Hall–Kier alpha value is -1.09. The third-order valence-corrected chi connectivity index (χ3v) is 6.49. The van der Waals surface area contributed by atoms with Crippen LogP contribution >= 0.6 is 11.9 Å². The normalized spacial score (nSPS) is 21.7. The van der Waals surface area contributed by atoms with Gasteiger partial charge in [-0.1, -0.05) is 58.0 Å². The Balaban J connectivity index is 2.75. The topological polar surface area (TPSA) is 29.4 Å². The minimum absolute atomic E-state index is 0.125. The Morgan fingerprint density at radius 2 is 1.63 bits per heavy atom. The van der Waals surface area contributed by atoms with Crippen LogP contribution < -0.4 is 0 Å². The fourth-order valence-electron chi connectivity index (χ4n) is 3.83. The lowest BCUT2D eigenvalue weighted by atomic mass is 9.67. The van der Waals surface area contributed by atoms with Crippen LogP contribution in [-0.2, 0) is 10.8 Å². The average molecular weight is 275 g/mol. The second-order valence-electron chi connectivity index (χ2n) is 6.28. The summed E-state index contributed by atoms with van der Waals surface area (Å²) in [5, 5.41) is 0.